The third-order valence-corrected chi connectivity index (χ3v) is 6.66. The van der Waals surface area contributed by atoms with E-state index in [0.29, 0.717) is 45.9 Å². The number of nitrogens with one attached hydrogen (secondary N) is 2. The monoisotopic (exact) mass is 532 g/mol. The molecule has 0 bridgehead atoms. The van der Waals surface area contributed by atoms with Gasteiger partial charge in [-0.15, -0.1) is 0 Å². The van der Waals surface area contributed by atoms with Gasteiger partial charge in [-0.25, -0.2) is 4.98 Å². The molecule has 1 aliphatic heterocycles. The Labute approximate surface area is 206 Å². The zero-order chi connectivity index (χ0) is 23.5. The van der Waals surface area contributed by atoms with E-state index in [9.17, 15) is 9.59 Å². The average Bonchev–Trinajstić information content (AvgIpc) is 3.13. The molecule has 1 aliphatic rings. The molecular formula is C24H26BrClN4O3. The lowest BCUT2D eigenvalue weighted by Crippen LogP contribution is -2.39. The number of aromatic nitrogens is 1. The van der Waals surface area contributed by atoms with Crippen molar-refractivity contribution < 1.29 is 14.0 Å². The molecule has 0 aliphatic carbocycles. The number of anilines is 2. The van der Waals surface area contributed by atoms with Crippen LogP contribution in [0.15, 0.2) is 45.4 Å². The molecule has 174 valence electrons. The second-order valence-electron chi connectivity index (χ2n) is 8.59. The van der Waals surface area contributed by atoms with Gasteiger partial charge in [-0.3, -0.25) is 9.59 Å². The molecule has 2 amide bonds. The Morgan fingerprint density at radius 1 is 1.21 bits per heavy atom. The van der Waals surface area contributed by atoms with Gasteiger partial charge in [0.1, 0.15) is 17.1 Å². The average molecular weight is 534 g/mol. The minimum Gasteiger partial charge on any atom is -0.449 e. The van der Waals surface area contributed by atoms with Gasteiger partial charge in [0.2, 0.25) is 11.7 Å². The van der Waals surface area contributed by atoms with Crippen LogP contribution in [0, 0.1) is 5.92 Å². The number of furan rings is 1. The predicted molar refractivity (Wildman–Crippen MR) is 134 cm³/mol. The number of carbonyl (C=O) groups excluding carboxylic acids is 2. The molecule has 1 saturated heterocycles. The molecule has 2 N–H and O–H groups in total. The van der Waals surface area contributed by atoms with E-state index in [0.717, 1.165) is 30.4 Å². The number of carbonyl (C=O) groups is 2. The van der Waals surface area contributed by atoms with E-state index in [1.54, 1.807) is 18.2 Å². The van der Waals surface area contributed by atoms with E-state index in [1.807, 2.05) is 12.1 Å². The number of halogens is 2. The number of nitrogens with zero attached hydrogens (tertiary/aromatic N) is 2. The van der Waals surface area contributed by atoms with Crippen molar-refractivity contribution in [3.8, 4) is 0 Å². The molecule has 0 atom stereocenters. The summed E-state index contributed by atoms with van der Waals surface area (Å²) in [7, 11) is 0. The number of piperidine rings is 1. The number of likely N-dealkylation sites (tertiary alicyclic amines) is 1. The van der Waals surface area contributed by atoms with Gasteiger partial charge >= 0.3 is 0 Å². The molecule has 7 nitrogen and oxygen atoms in total. The van der Waals surface area contributed by atoms with Gasteiger partial charge in [0.05, 0.1) is 5.02 Å². The topological polar surface area (TPSA) is 87.5 Å². The van der Waals surface area contributed by atoms with Crippen molar-refractivity contribution in [1.29, 1.82) is 0 Å². The highest BCUT2D eigenvalue weighted by atomic mass is 79.9. The lowest BCUT2D eigenvalue weighted by atomic mass is 9.92. The van der Waals surface area contributed by atoms with Crippen LogP contribution in [0.1, 0.15) is 43.7 Å². The minimum absolute atomic E-state index is 0.0304. The first-order valence-electron chi connectivity index (χ1n) is 11.0. The SMILES string of the molecule is CC(C)N1CCC(CC(=O)Nc2c(C(=O)Nc3ccc(Cl)cn3)oc3ccc(Br)cc23)CC1. The molecule has 33 heavy (non-hydrogen) atoms. The highest BCUT2D eigenvalue weighted by Crippen LogP contribution is 2.34. The van der Waals surface area contributed by atoms with Crippen molar-refractivity contribution in [3.63, 3.8) is 0 Å². The fraction of sp³-hybridized carbons (Fsp3) is 0.375. The molecule has 0 spiro atoms. The number of hydrogen-bond acceptors (Lipinski definition) is 5. The molecular weight excluding hydrogens is 508 g/mol. The molecule has 3 aromatic rings. The molecule has 4 rings (SSSR count). The summed E-state index contributed by atoms with van der Waals surface area (Å²) in [6.07, 6.45) is 3.82. The van der Waals surface area contributed by atoms with Crippen molar-refractivity contribution in [1.82, 2.24) is 9.88 Å². The molecule has 0 radical (unpaired) electrons. The predicted octanol–water partition coefficient (Wildman–Crippen LogP) is 5.95. The Balaban J connectivity index is 1.53. The van der Waals surface area contributed by atoms with Crippen LogP contribution in [0.5, 0.6) is 0 Å². The van der Waals surface area contributed by atoms with Crippen LogP contribution in [0.25, 0.3) is 11.0 Å². The summed E-state index contributed by atoms with van der Waals surface area (Å²) >= 11 is 9.33. The van der Waals surface area contributed by atoms with E-state index in [-0.39, 0.29) is 11.7 Å². The zero-order valence-corrected chi connectivity index (χ0v) is 20.9. The number of amides is 2. The molecule has 1 fully saturated rings. The van der Waals surface area contributed by atoms with Crippen LogP contribution in [0.3, 0.4) is 0 Å². The number of hydrogen-bond donors (Lipinski definition) is 2. The summed E-state index contributed by atoms with van der Waals surface area (Å²) in [6.45, 7) is 6.39. The number of benzene rings is 1. The fourth-order valence-corrected chi connectivity index (χ4v) is 4.58. The molecule has 3 heterocycles. The summed E-state index contributed by atoms with van der Waals surface area (Å²) in [5.74, 6) is 0.0560. The van der Waals surface area contributed by atoms with Gasteiger partial charge < -0.3 is 20.0 Å². The van der Waals surface area contributed by atoms with Crippen LogP contribution in [0.4, 0.5) is 11.5 Å². The fourth-order valence-electron chi connectivity index (χ4n) is 4.10. The summed E-state index contributed by atoms with van der Waals surface area (Å²) < 4.78 is 6.65. The number of fused-ring (bicyclic) bond motifs is 1. The molecule has 1 aromatic carbocycles. The van der Waals surface area contributed by atoms with Crippen molar-refractivity contribution in [2.75, 3.05) is 23.7 Å². The summed E-state index contributed by atoms with van der Waals surface area (Å²) in [5.41, 5.74) is 0.871. The van der Waals surface area contributed by atoms with Crippen LogP contribution in [-0.4, -0.2) is 40.8 Å². The maximum atomic E-state index is 13.0. The Morgan fingerprint density at radius 3 is 2.64 bits per heavy atom. The van der Waals surface area contributed by atoms with Crippen molar-refractivity contribution in [2.24, 2.45) is 5.92 Å². The largest absolute Gasteiger partial charge is 0.449 e. The third-order valence-electron chi connectivity index (χ3n) is 5.94. The normalized spacial score (nSPS) is 15.2. The first-order valence-corrected chi connectivity index (χ1v) is 12.2. The lowest BCUT2D eigenvalue weighted by molar-refractivity contribution is -0.117. The highest BCUT2D eigenvalue weighted by molar-refractivity contribution is 9.10. The first kappa shape index (κ1) is 23.7. The minimum atomic E-state index is -0.502. The van der Waals surface area contributed by atoms with Crippen LogP contribution in [0.2, 0.25) is 5.02 Å². The Kier molecular flexibility index (Phi) is 7.36. The van der Waals surface area contributed by atoms with Gasteiger partial charge in [-0.2, -0.15) is 0 Å². The maximum Gasteiger partial charge on any atom is 0.294 e. The van der Waals surface area contributed by atoms with Crippen molar-refractivity contribution >= 4 is 61.8 Å². The highest BCUT2D eigenvalue weighted by Gasteiger charge is 2.26. The van der Waals surface area contributed by atoms with E-state index < -0.39 is 5.91 Å². The summed E-state index contributed by atoms with van der Waals surface area (Å²) in [6, 6.07) is 9.16. The lowest BCUT2D eigenvalue weighted by Gasteiger charge is -2.34. The van der Waals surface area contributed by atoms with E-state index in [2.05, 4.69) is 50.3 Å². The third kappa shape index (κ3) is 5.75. The number of pyridine rings is 1. The summed E-state index contributed by atoms with van der Waals surface area (Å²) in [4.78, 5) is 32.5. The second-order valence-corrected chi connectivity index (χ2v) is 9.94. The van der Waals surface area contributed by atoms with Gasteiger partial charge in [-0.05, 0) is 76.0 Å². The molecule has 2 aromatic heterocycles. The maximum absolute atomic E-state index is 13.0. The molecule has 9 heteroatoms. The van der Waals surface area contributed by atoms with Crippen LogP contribution in [-0.2, 0) is 4.79 Å². The van der Waals surface area contributed by atoms with Crippen LogP contribution < -0.4 is 10.6 Å². The summed E-state index contributed by atoms with van der Waals surface area (Å²) in [5, 5.41) is 6.77. The van der Waals surface area contributed by atoms with E-state index >= 15 is 0 Å². The van der Waals surface area contributed by atoms with Gasteiger partial charge in [0.15, 0.2) is 0 Å². The Bertz CT molecular complexity index is 1150. The van der Waals surface area contributed by atoms with Crippen LogP contribution >= 0.6 is 27.5 Å². The number of rotatable bonds is 6. The Hall–Kier alpha value is -2.42. The second kappa shape index (κ2) is 10.2. The quantitative estimate of drug-likeness (QED) is 0.409. The molecule has 0 saturated carbocycles. The van der Waals surface area contributed by atoms with Gasteiger partial charge in [-0.1, -0.05) is 27.5 Å². The zero-order valence-electron chi connectivity index (χ0n) is 18.5. The Morgan fingerprint density at radius 2 is 1.97 bits per heavy atom. The first-order chi connectivity index (χ1) is 15.8. The van der Waals surface area contributed by atoms with Crippen molar-refractivity contribution in [2.45, 2.75) is 39.2 Å². The van der Waals surface area contributed by atoms with Crippen molar-refractivity contribution in [3.05, 3.63) is 51.8 Å². The van der Waals surface area contributed by atoms with Gasteiger partial charge in [0.25, 0.3) is 5.91 Å². The van der Waals surface area contributed by atoms with E-state index in [1.165, 1.54) is 6.20 Å². The van der Waals surface area contributed by atoms with Gasteiger partial charge in [0, 0.05) is 28.5 Å². The smallest absolute Gasteiger partial charge is 0.294 e. The molecule has 0 unspecified atom stereocenters. The van der Waals surface area contributed by atoms with E-state index in [4.69, 9.17) is 16.0 Å². The standard InChI is InChI=1S/C24H26BrClN4O3/c1-14(2)30-9-7-15(8-10-30)11-21(31)29-22-18-12-16(25)3-5-19(18)33-23(22)24(32)28-20-6-4-17(26)13-27-20/h3-6,12-15H,7-11H2,1-2H3,(H,29,31)(H,27,28,32).